The molecule has 0 amide bonds. The zero-order valence-electron chi connectivity index (χ0n) is 13.2. The van der Waals surface area contributed by atoms with E-state index in [-0.39, 0.29) is 10.6 Å². The molecule has 2 rings (SSSR count). The molecule has 0 bridgehead atoms. The van der Waals surface area contributed by atoms with E-state index in [4.69, 9.17) is 26.2 Å². The molecule has 7 heteroatoms. The summed E-state index contributed by atoms with van der Waals surface area (Å²) >= 11 is 9.39. The fourth-order valence-electron chi connectivity index (χ4n) is 2.14. The number of carboxylic acid groups (broad SMARTS) is 1. The lowest BCUT2D eigenvalue weighted by Crippen LogP contribution is -2.04. The number of anilines is 1. The molecular formula is C17H17BrClNO4. The highest BCUT2D eigenvalue weighted by Crippen LogP contribution is 2.34. The fourth-order valence-corrected chi connectivity index (χ4v) is 2.80. The Hall–Kier alpha value is -1.92. The smallest absolute Gasteiger partial charge is 0.337 e. The molecule has 0 aliphatic carbocycles. The van der Waals surface area contributed by atoms with Crippen LogP contribution in [-0.2, 0) is 6.54 Å². The molecule has 0 aliphatic rings. The Kier molecular flexibility index (Phi) is 6.34. The van der Waals surface area contributed by atoms with E-state index in [1.165, 1.54) is 6.07 Å². The van der Waals surface area contributed by atoms with Gasteiger partial charge in [0.2, 0.25) is 0 Å². The van der Waals surface area contributed by atoms with Crippen LogP contribution in [0.2, 0.25) is 5.02 Å². The van der Waals surface area contributed by atoms with Gasteiger partial charge < -0.3 is 19.9 Å². The van der Waals surface area contributed by atoms with Gasteiger partial charge in [0, 0.05) is 16.7 Å². The molecule has 0 heterocycles. The van der Waals surface area contributed by atoms with E-state index in [1.807, 2.05) is 19.1 Å². The molecule has 5 nitrogen and oxygen atoms in total. The summed E-state index contributed by atoms with van der Waals surface area (Å²) in [4.78, 5) is 11.1. The monoisotopic (exact) mass is 413 g/mol. The molecule has 0 spiro atoms. The van der Waals surface area contributed by atoms with Gasteiger partial charge in [-0.1, -0.05) is 27.5 Å². The molecule has 0 radical (unpaired) electrons. The Balaban J connectivity index is 2.20. The quantitative estimate of drug-likeness (QED) is 0.680. The van der Waals surface area contributed by atoms with E-state index >= 15 is 0 Å². The number of nitrogens with one attached hydrogen (secondary N) is 1. The normalized spacial score (nSPS) is 10.3. The molecule has 0 saturated carbocycles. The number of methoxy groups -OCH3 is 1. The Morgan fingerprint density at radius 1 is 1.29 bits per heavy atom. The number of ether oxygens (including phenoxy) is 2. The van der Waals surface area contributed by atoms with E-state index in [9.17, 15) is 4.79 Å². The minimum absolute atomic E-state index is 0.0602. The molecule has 0 aromatic heterocycles. The van der Waals surface area contributed by atoms with Crippen molar-refractivity contribution in [3.8, 4) is 11.5 Å². The van der Waals surface area contributed by atoms with Crippen molar-refractivity contribution >= 4 is 39.2 Å². The number of halogens is 2. The number of hydrogen-bond acceptors (Lipinski definition) is 4. The summed E-state index contributed by atoms with van der Waals surface area (Å²) in [6.45, 7) is 2.93. The SMILES string of the molecule is CCOc1cc(Br)c(CNc2ccc(Cl)c(C(=O)O)c2)cc1OC. The summed E-state index contributed by atoms with van der Waals surface area (Å²) in [5.41, 5.74) is 1.67. The standard InChI is InChI=1S/C17H17BrClNO4/c1-3-24-16-8-13(18)10(6-15(16)23-2)9-20-11-4-5-14(19)12(7-11)17(21)22/h4-8,20H,3,9H2,1-2H3,(H,21,22). The van der Waals surface area contributed by atoms with Crippen LogP contribution in [0.15, 0.2) is 34.8 Å². The summed E-state index contributed by atoms with van der Waals surface area (Å²) < 4.78 is 11.7. The summed E-state index contributed by atoms with van der Waals surface area (Å²) in [6.07, 6.45) is 0. The van der Waals surface area contributed by atoms with Gasteiger partial charge in [0.1, 0.15) is 0 Å². The van der Waals surface area contributed by atoms with Gasteiger partial charge in [-0.05, 0) is 42.8 Å². The highest BCUT2D eigenvalue weighted by atomic mass is 79.9. The number of benzene rings is 2. The second-order valence-corrected chi connectivity index (χ2v) is 6.14. The van der Waals surface area contributed by atoms with Crippen LogP contribution in [0, 0.1) is 0 Å². The molecule has 24 heavy (non-hydrogen) atoms. The molecule has 0 atom stereocenters. The Morgan fingerprint density at radius 3 is 2.67 bits per heavy atom. The van der Waals surface area contributed by atoms with E-state index in [1.54, 1.807) is 19.2 Å². The van der Waals surface area contributed by atoms with Gasteiger partial charge in [0.05, 0.1) is 24.3 Å². The summed E-state index contributed by atoms with van der Waals surface area (Å²) in [6, 6.07) is 8.51. The molecule has 2 N–H and O–H groups in total. The van der Waals surface area contributed by atoms with Crippen molar-refractivity contribution in [1.82, 2.24) is 0 Å². The van der Waals surface area contributed by atoms with E-state index < -0.39 is 5.97 Å². The minimum atomic E-state index is -1.06. The van der Waals surface area contributed by atoms with Crippen molar-refractivity contribution in [1.29, 1.82) is 0 Å². The minimum Gasteiger partial charge on any atom is -0.493 e. The average Bonchev–Trinajstić information content (AvgIpc) is 2.55. The molecule has 128 valence electrons. The maximum Gasteiger partial charge on any atom is 0.337 e. The molecule has 2 aromatic carbocycles. The summed E-state index contributed by atoms with van der Waals surface area (Å²) in [5, 5.41) is 12.5. The van der Waals surface area contributed by atoms with E-state index in [0.717, 1.165) is 10.0 Å². The predicted molar refractivity (Wildman–Crippen MR) is 97.6 cm³/mol. The van der Waals surface area contributed by atoms with Crippen molar-refractivity contribution in [2.24, 2.45) is 0 Å². The van der Waals surface area contributed by atoms with Gasteiger partial charge in [0.25, 0.3) is 0 Å². The van der Waals surface area contributed by atoms with Crippen molar-refractivity contribution in [3.63, 3.8) is 0 Å². The molecule has 2 aromatic rings. The first kappa shape index (κ1) is 18.4. The maximum atomic E-state index is 11.1. The van der Waals surface area contributed by atoms with Crippen molar-refractivity contribution in [2.75, 3.05) is 19.0 Å². The zero-order chi connectivity index (χ0) is 17.7. The van der Waals surface area contributed by atoms with Gasteiger partial charge >= 0.3 is 5.97 Å². The third-order valence-corrected chi connectivity index (χ3v) is 4.38. The van der Waals surface area contributed by atoms with Gasteiger partial charge in [-0.15, -0.1) is 0 Å². The Bertz CT molecular complexity index is 752. The number of hydrogen-bond donors (Lipinski definition) is 2. The Labute approximate surface area is 153 Å². The number of rotatable bonds is 7. The third-order valence-electron chi connectivity index (χ3n) is 3.31. The van der Waals surface area contributed by atoms with E-state index in [0.29, 0.717) is 30.3 Å². The van der Waals surface area contributed by atoms with E-state index in [2.05, 4.69) is 21.2 Å². The van der Waals surface area contributed by atoms with Gasteiger partial charge in [-0.2, -0.15) is 0 Å². The molecule has 0 fully saturated rings. The summed E-state index contributed by atoms with van der Waals surface area (Å²) in [5.74, 6) is 0.238. The fraction of sp³-hybridized carbons (Fsp3) is 0.235. The molecule has 0 unspecified atom stereocenters. The third kappa shape index (κ3) is 4.33. The van der Waals surface area contributed by atoms with Gasteiger partial charge in [-0.25, -0.2) is 4.79 Å². The van der Waals surface area contributed by atoms with Gasteiger partial charge in [0.15, 0.2) is 11.5 Å². The maximum absolute atomic E-state index is 11.1. The van der Waals surface area contributed by atoms with Crippen LogP contribution < -0.4 is 14.8 Å². The average molecular weight is 415 g/mol. The van der Waals surface area contributed by atoms with Crippen LogP contribution in [0.1, 0.15) is 22.8 Å². The Morgan fingerprint density at radius 2 is 2.04 bits per heavy atom. The second kappa shape index (κ2) is 8.26. The van der Waals surface area contributed by atoms with Crippen LogP contribution in [0.3, 0.4) is 0 Å². The van der Waals surface area contributed by atoms with Crippen LogP contribution >= 0.6 is 27.5 Å². The van der Waals surface area contributed by atoms with Gasteiger partial charge in [-0.3, -0.25) is 0 Å². The highest BCUT2D eigenvalue weighted by molar-refractivity contribution is 9.10. The lowest BCUT2D eigenvalue weighted by molar-refractivity contribution is 0.0697. The number of aromatic carboxylic acids is 1. The predicted octanol–water partition coefficient (Wildman–Crippen LogP) is 4.82. The van der Waals surface area contributed by atoms with Crippen molar-refractivity contribution in [3.05, 3.63) is 51.0 Å². The molecule has 0 aliphatic heterocycles. The number of carboxylic acids is 1. The first-order valence-corrected chi connectivity index (χ1v) is 8.39. The van der Waals surface area contributed by atoms with Crippen LogP contribution in [-0.4, -0.2) is 24.8 Å². The first-order valence-electron chi connectivity index (χ1n) is 7.22. The lowest BCUT2D eigenvalue weighted by atomic mass is 10.1. The number of carbonyl (C=O) groups is 1. The highest BCUT2D eigenvalue weighted by Gasteiger charge is 2.12. The first-order chi connectivity index (χ1) is 11.5. The van der Waals surface area contributed by atoms with Crippen LogP contribution in [0.5, 0.6) is 11.5 Å². The zero-order valence-corrected chi connectivity index (χ0v) is 15.6. The van der Waals surface area contributed by atoms with Crippen LogP contribution in [0.4, 0.5) is 5.69 Å². The molecule has 0 saturated heterocycles. The van der Waals surface area contributed by atoms with Crippen LogP contribution in [0.25, 0.3) is 0 Å². The molecular weight excluding hydrogens is 398 g/mol. The topological polar surface area (TPSA) is 67.8 Å². The largest absolute Gasteiger partial charge is 0.493 e. The summed E-state index contributed by atoms with van der Waals surface area (Å²) in [7, 11) is 1.58. The second-order valence-electron chi connectivity index (χ2n) is 4.88. The lowest BCUT2D eigenvalue weighted by Gasteiger charge is -2.14. The van der Waals surface area contributed by atoms with Crippen molar-refractivity contribution < 1.29 is 19.4 Å². The van der Waals surface area contributed by atoms with Crippen molar-refractivity contribution in [2.45, 2.75) is 13.5 Å².